The molecule has 1 aliphatic rings. The lowest BCUT2D eigenvalue weighted by Gasteiger charge is -2.23. The molecular weight excluding hydrogens is 458 g/mol. The van der Waals surface area contributed by atoms with Crippen molar-refractivity contribution in [2.24, 2.45) is 0 Å². The number of rotatable bonds is 7. The van der Waals surface area contributed by atoms with Crippen LogP contribution in [0.25, 0.3) is 0 Å². The second kappa shape index (κ2) is 9.78. The second-order valence-corrected chi connectivity index (χ2v) is 6.66. The lowest BCUT2D eigenvalue weighted by molar-refractivity contribution is -0.166. The standard InChI is InChI=1S/C16H20BrN3O9/c1-5-25-16(24)11-14(17)20(19-18-11)15-13(28-9(4)23)12(27-8(3)22)10(29-15)6-26-7(2)21/h10,12-13,15H,5-6H2,1-4H3/t10-,12-,13-,15-/m1/s1. The molecule has 13 heteroatoms. The van der Waals surface area contributed by atoms with E-state index in [1.54, 1.807) is 6.92 Å². The van der Waals surface area contributed by atoms with Crippen LogP contribution in [0.1, 0.15) is 44.4 Å². The largest absolute Gasteiger partial charge is 0.463 e. The van der Waals surface area contributed by atoms with E-state index in [-0.39, 0.29) is 23.5 Å². The summed E-state index contributed by atoms with van der Waals surface area (Å²) in [6.45, 7) is 5.05. The highest BCUT2D eigenvalue weighted by atomic mass is 79.9. The van der Waals surface area contributed by atoms with Gasteiger partial charge in [-0.05, 0) is 22.9 Å². The van der Waals surface area contributed by atoms with Gasteiger partial charge in [0.25, 0.3) is 0 Å². The molecule has 1 saturated heterocycles. The van der Waals surface area contributed by atoms with Crippen molar-refractivity contribution in [2.45, 2.75) is 52.2 Å². The molecular formula is C16H20BrN3O9. The van der Waals surface area contributed by atoms with E-state index in [9.17, 15) is 19.2 Å². The molecule has 0 saturated carbocycles. The molecule has 0 aliphatic carbocycles. The number of esters is 4. The SMILES string of the molecule is CCOC(=O)c1nnn([C@@H]2O[C@H](COC(C)=O)[C@@H](OC(C)=O)[C@H]2OC(C)=O)c1Br. The zero-order valence-corrected chi connectivity index (χ0v) is 17.7. The molecule has 2 heterocycles. The fraction of sp³-hybridized carbons (Fsp3) is 0.625. The Morgan fingerprint density at radius 2 is 1.66 bits per heavy atom. The Bertz CT molecular complexity index is 797. The fourth-order valence-electron chi connectivity index (χ4n) is 2.66. The van der Waals surface area contributed by atoms with Gasteiger partial charge in [-0.2, -0.15) is 0 Å². The van der Waals surface area contributed by atoms with E-state index in [4.69, 9.17) is 23.7 Å². The molecule has 1 aromatic rings. The molecule has 0 spiro atoms. The van der Waals surface area contributed by atoms with Crippen molar-refractivity contribution in [1.82, 2.24) is 15.0 Å². The third kappa shape index (κ3) is 5.50. The monoisotopic (exact) mass is 477 g/mol. The number of nitrogens with zero attached hydrogens (tertiary/aromatic N) is 3. The maximum Gasteiger partial charge on any atom is 0.361 e. The van der Waals surface area contributed by atoms with E-state index >= 15 is 0 Å². The molecule has 0 amide bonds. The van der Waals surface area contributed by atoms with Crippen LogP contribution in [0.4, 0.5) is 0 Å². The lowest BCUT2D eigenvalue weighted by atomic mass is 10.1. The fourth-order valence-corrected chi connectivity index (χ4v) is 3.17. The number of carbonyl (C=O) groups is 4. The van der Waals surface area contributed by atoms with Crippen LogP contribution in [0, 0.1) is 0 Å². The van der Waals surface area contributed by atoms with Gasteiger partial charge in [-0.25, -0.2) is 9.48 Å². The summed E-state index contributed by atoms with van der Waals surface area (Å²) in [4.78, 5) is 46.3. The van der Waals surface area contributed by atoms with Gasteiger partial charge < -0.3 is 23.7 Å². The molecule has 1 fully saturated rings. The van der Waals surface area contributed by atoms with Crippen LogP contribution < -0.4 is 0 Å². The number of aromatic nitrogens is 3. The van der Waals surface area contributed by atoms with E-state index < -0.39 is 48.4 Å². The van der Waals surface area contributed by atoms with E-state index in [1.165, 1.54) is 20.8 Å². The lowest BCUT2D eigenvalue weighted by Crippen LogP contribution is -2.40. The minimum absolute atomic E-state index is 0.104. The minimum Gasteiger partial charge on any atom is -0.463 e. The molecule has 0 N–H and O–H groups in total. The van der Waals surface area contributed by atoms with Crippen LogP contribution >= 0.6 is 15.9 Å². The van der Waals surface area contributed by atoms with Crippen LogP contribution in [0.3, 0.4) is 0 Å². The summed E-state index contributed by atoms with van der Waals surface area (Å²) < 4.78 is 27.5. The zero-order valence-electron chi connectivity index (χ0n) is 16.1. The van der Waals surface area contributed by atoms with Gasteiger partial charge in [0.15, 0.2) is 18.4 Å². The zero-order chi connectivity index (χ0) is 21.7. The predicted molar refractivity (Wildman–Crippen MR) is 95.3 cm³/mol. The molecule has 0 unspecified atom stereocenters. The van der Waals surface area contributed by atoms with E-state index in [0.29, 0.717) is 0 Å². The minimum atomic E-state index is -1.15. The van der Waals surface area contributed by atoms with Crippen LogP contribution in [-0.4, -0.2) is 70.4 Å². The quantitative estimate of drug-likeness (QED) is 0.400. The molecule has 2 rings (SSSR count). The maximum atomic E-state index is 12.0. The summed E-state index contributed by atoms with van der Waals surface area (Å²) in [5, 5.41) is 7.61. The van der Waals surface area contributed by atoms with Gasteiger partial charge in [-0.1, -0.05) is 5.21 Å². The van der Waals surface area contributed by atoms with Crippen LogP contribution in [0.15, 0.2) is 4.60 Å². The maximum absolute atomic E-state index is 12.0. The first-order chi connectivity index (χ1) is 13.6. The van der Waals surface area contributed by atoms with Crippen molar-refractivity contribution in [3.63, 3.8) is 0 Å². The van der Waals surface area contributed by atoms with Gasteiger partial charge in [-0.15, -0.1) is 5.10 Å². The highest BCUT2D eigenvalue weighted by Crippen LogP contribution is 2.36. The van der Waals surface area contributed by atoms with Gasteiger partial charge in [0.05, 0.1) is 6.61 Å². The highest BCUT2D eigenvalue weighted by Gasteiger charge is 2.51. The number of ether oxygens (including phenoxy) is 5. The first-order valence-corrected chi connectivity index (χ1v) is 9.36. The molecule has 0 bridgehead atoms. The van der Waals surface area contributed by atoms with Gasteiger partial charge in [0.1, 0.15) is 17.3 Å². The summed E-state index contributed by atoms with van der Waals surface area (Å²) in [6, 6.07) is 0. The first kappa shape index (κ1) is 22.7. The summed E-state index contributed by atoms with van der Waals surface area (Å²) in [5.74, 6) is -2.63. The Hall–Kier alpha value is -2.54. The molecule has 29 heavy (non-hydrogen) atoms. The molecule has 1 aliphatic heterocycles. The van der Waals surface area contributed by atoms with Crippen molar-refractivity contribution in [1.29, 1.82) is 0 Å². The Kier molecular flexibility index (Phi) is 7.67. The Morgan fingerprint density at radius 1 is 1.03 bits per heavy atom. The van der Waals surface area contributed by atoms with E-state index in [0.717, 1.165) is 4.68 Å². The summed E-state index contributed by atoms with van der Waals surface area (Å²) in [7, 11) is 0. The van der Waals surface area contributed by atoms with Crippen molar-refractivity contribution in [2.75, 3.05) is 13.2 Å². The summed E-state index contributed by atoms with van der Waals surface area (Å²) >= 11 is 3.20. The van der Waals surface area contributed by atoms with Crippen molar-refractivity contribution >= 4 is 39.8 Å². The third-order valence-electron chi connectivity index (χ3n) is 3.69. The number of carbonyl (C=O) groups excluding carboxylic acids is 4. The predicted octanol–water partition coefficient (Wildman–Crippen LogP) is 0.541. The smallest absolute Gasteiger partial charge is 0.361 e. The average molecular weight is 478 g/mol. The van der Waals surface area contributed by atoms with Gasteiger partial charge in [-0.3, -0.25) is 14.4 Å². The third-order valence-corrected chi connectivity index (χ3v) is 4.43. The van der Waals surface area contributed by atoms with E-state index in [2.05, 4.69) is 26.2 Å². The van der Waals surface area contributed by atoms with Crippen LogP contribution in [0.2, 0.25) is 0 Å². The first-order valence-electron chi connectivity index (χ1n) is 8.56. The van der Waals surface area contributed by atoms with Crippen LogP contribution in [-0.2, 0) is 38.1 Å². The Morgan fingerprint density at radius 3 is 2.21 bits per heavy atom. The van der Waals surface area contributed by atoms with Crippen molar-refractivity contribution in [3.05, 3.63) is 10.3 Å². The van der Waals surface area contributed by atoms with Gasteiger partial charge in [0, 0.05) is 20.8 Å². The summed E-state index contributed by atoms with van der Waals surface area (Å²) in [5.41, 5.74) is -0.121. The average Bonchev–Trinajstić information content (AvgIpc) is 3.14. The number of halogens is 1. The van der Waals surface area contributed by atoms with Crippen molar-refractivity contribution < 1.29 is 42.9 Å². The number of hydrogen-bond acceptors (Lipinski definition) is 11. The Labute approximate surface area is 173 Å². The Balaban J connectivity index is 2.39. The molecule has 4 atom stereocenters. The molecule has 12 nitrogen and oxygen atoms in total. The summed E-state index contributed by atoms with van der Waals surface area (Å²) in [6.07, 6.45) is -4.33. The van der Waals surface area contributed by atoms with Gasteiger partial charge >= 0.3 is 23.9 Å². The molecule has 1 aromatic heterocycles. The second-order valence-electron chi connectivity index (χ2n) is 5.91. The highest BCUT2D eigenvalue weighted by molar-refractivity contribution is 9.10. The van der Waals surface area contributed by atoms with Crippen molar-refractivity contribution in [3.8, 4) is 0 Å². The molecule has 0 aromatic carbocycles. The van der Waals surface area contributed by atoms with E-state index in [1.807, 2.05) is 0 Å². The molecule has 0 radical (unpaired) electrons. The molecule has 160 valence electrons. The normalized spacial score (nSPS) is 23.3. The van der Waals surface area contributed by atoms with Crippen LogP contribution in [0.5, 0.6) is 0 Å². The topological polar surface area (TPSA) is 145 Å². The van der Waals surface area contributed by atoms with Gasteiger partial charge in [0.2, 0.25) is 5.69 Å². The number of hydrogen-bond donors (Lipinski definition) is 0.